The first-order valence-corrected chi connectivity index (χ1v) is 7.19. The van der Waals surface area contributed by atoms with Crippen molar-refractivity contribution in [1.29, 1.82) is 0 Å². The first-order chi connectivity index (χ1) is 10.2. The lowest BCUT2D eigenvalue weighted by molar-refractivity contribution is 0.354. The van der Waals surface area contributed by atoms with Crippen LogP contribution in [0.15, 0.2) is 30.9 Å². The summed E-state index contributed by atoms with van der Waals surface area (Å²) >= 11 is 6.18. The third-order valence-electron chi connectivity index (χ3n) is 3.15. The van der Waals surface area contributed by atoms with Crippen molar-refractivity contribution in [1.82, 2.24) is 14.9 Å². The maximum atomic E-state index is 6.18. The van der Waals surface area contributed by atoms with Gasteiger partial charge in [-0.2, -0.15) is 0 Å². The average molecular weight is 310 g/mol. The third-order valence-corrected chi connectivity index (χ3v) is 3.43. The molecule has 0 amide bonds. The molecule has 0 saturated carbocycles. The summed E-state index contributed by atoms with van der Waals surface area (Å²) in [6.07, 6.45) is 6.62. The highest BCUT2D eigenvalue weighted by molar-refractivity contribution is 6.32. The third kappa shape index (κ3) is 4.37. The Balaban J connectivity index is 1.81. The van der Waals surface area contributed by atoms with Gasteiger partial charge in [-0.15, -0.1) is 0 Å². The van der Waals surface area contributed by atoms with Crippen molar-refractivity contribution < 1.29 is 9.47 Å². The van der Waals surface area contributed by atoms with Crippen molar-refractivity contribution in [3.63, 3.8) is 0 Å². The van der Waals surface area contributed by atoms with E-state index in [-0.39, 0.29) is 0 Å². The molecule has 2 rings (SSSR count). The topological polar surface area (TPSA) is 48.3 Å². The number of hydrogen-bond acceptors (Lipinski definition) is 4. The average Bonchev–Trinajstić information content (AvgIpc) is 2.99. The summed E-state index contributed by atoms with van der Waals surface area (Å²) in [5, 5.41) is 3.95. The van der Waals surface area contributed by atoms with Crippen LogP contribution in [0.1, 0.15) is 12.0 Å². The quantitative estimate of drug-likeness (QED) is 0.762. The molecule has 0 saturated heterocycles. The van der Waals surface area contributed by atoms with Crippen LogP contribution < -0.4 is 14.8 Å². The van der Waals surface area contributed by atoms with E-state index >= 15 is 0 Å². The molecular weight excluding hydrogens is 290 g/mol. The number of aromatic nitrogens is 2. The minimum absolute atomic E-state index is 0.562. The number of nitrogens with one attached hydrogen (secondary N) is 1. The van der Waals surface area contributed by atoms with Crippen molar-refractivity contribution in [3.8, 4) is 11.5 Å². The van der Waals surface area contributed by atoms with Gasteiger partial charge >= 0.3 is 0 Å². The summed E-state index contributed by atoms with van der Waals surface area (Å²) in [6, 6.07) is 3.83. The smallest absolute Gasteiger partial charge is 0.179 e. The van der Waals surface area contributed by atoms with Crippen LogP contribution >= 0.6 is 11.6 Å². The Labute approximate surface area is 129 Å². The fraction of sp³-hybridized carbons (Fsp3) is 0.400. The summed E-state index contributed by atoms with van der Waals surface area (Å²) < 4.78 is 12.6. The lowest BCUT2D eigenvalue weighted by Crippen LogP contribution is -2.16. The molecule has 0 atom stereocenters. The van der Waals surface area contributed by atoms with Crippen LogP contribution in [0.2, 0.25) is 5.02 Å². The standard InChI is InChI=1S/C15H20ClN3O2/c1-20-14-9-12(8-13(16)15(14)21-2)10-17-4-3-6-19-7-5-18-11-19/h5,7-9,11,17H,3-4,6,10H2,1-2H3. The van der Waals surface area contributed by atoms with Gasteiger partial charge in [0.2, 0.25) is 0 Å². The van der Waals surface area contributed by atoms with E-state index in [0.717, 1.165) is 31.6 Å². The second kappa shape index (κ2) is 7.90. The molecule has 0 aliphatic heterocycles. The monoisotopic (exact) mass is 309 g/mol. The summed E-state index contributed by atoms with van der Waals surface area (Å²) in [7, 11) is 3.19. The summed E-state index contributed by atoms with van der Waals surface area (Å²) in [5.74, 6) is 1.23. The summed E-state index contributed by atoms with van der Waals surface area (Å²) in [4.78, 5) is 4.02. The Morgan fingerprint density at radius 2 is 2.14 bits per heavy atom. The summed E-state index contributed by atoms with van der Waals surface area (Å²) in [6.45, 7) is 2.62. The number of aryl methyl sites for hydroxylation is 1. The van der Waals surface area contributed by atoms with Gasteiger partial charge in [-0.3, -0.25) is 0 Å². The molecule has 1 N–H and O–H groups in total. The highest BCUT2D eigenvalue weighted by Crippen LogP contribution is 2.35. The van der Waals surface area contributed by atoms with Crippen LogP contribution in [-0.2, 0) is 13.1 Å². The second-order valence-electron chi connectivity index (χ2n) is 4.64. The highest BCUT2D eigenvalue weighted by Gasteiger charge is 2.10. The van der Waals surface area contributed by atoms with Crippen molar-refractivity contribution in [2.45, 2.75) is 19.5 Å². The van der Waals surface area contributed by atoms with Crippen molar-refractivity contribution in [2.75, 3.05) is 20.8 Å². The first kappa shape index (κ1) is 15.7. The number of imidazole rings is 1. The molecule has 2 aromatic rings. The molecular formula is C15H20ClN3O2. The van der Waals surface area contributed by atoms with Gasteiger partial charge in [-0.1, -0.05) is 11.6 Å². The van der Waals surface area contributed by atoms with Crippen molar-refractivity contribution in [2.24, 2.45) is 0 Å². The Kier molecular flexibility index (Phi) is 5.90. The number of ether oxygens (including phenoxy) is 2. The largest absolute Gasteiger partial charge is 0.493 e. The van der Waals surface area contributed by atoms with E-state index in [0.29, 0.717) is 16.5 Å². The Morgan fingerprint density at radius 3 is 2.81 bits per heavy atom. The van der Waals surface area contributed by atoms with Gasteiger partial charge in [0.05, 0.1) is 25.6 Å². The molecule has 5 nitrogen and oxygen atoms in total. The van der Waals surface area contributed by atoms with Crippen LogP contribution in [0.5, 0.6) is 11.5 Å². The van der Waals surface area contributed by atoms with Gasteiger partial charge in [0, 0.05) is 25.5 Å². The number of methoxy groups -OCH3 is 2. The predicted molar refractivity (Wildman–Crippen MR) is 83.1 cm³/mol. The van der Waals surface area contributed by atoms with E-state index in [1.54, 1.807) is 20.4 Å². The van der Waals surface area contributed by atoms with E-state index in [2.05, 4.69) is 14.9 Å². The van der Waals surface area contributed by atoms with Crippen molar-refractivity contribution >= 4 is 11.6 Å². The number of nitrogens with zero attached hydrogens (tertiary/aromatic N) is 2. The first-order valence-electron chi connectivity index (χ1n) is 6.81. The molecule has 0 aliphatic carbocycles. The van der Waals surface area contributed by atoms with E-state index in [4.69, 9.17) is 21.1 Å². The SMILES string of the molecule is COc1cc(CNCCCn2ccnc2)cc(Cl)c1OC. The molecule has 0 radical (unpaired) electrons. The predicted octanol–water partition coefficient (Wildman–Crippen LogP) is 2.73. The zero-order chi connectivity index (χ0) is 15.1. The molecule has 1 heterocycles. The van der Waals surface area contributed by atoms with Crippen LogP contribution in [0.4, 0.5) is 0 Å². The van der Waals surface area contributed by atoms with Crippen LogP contribution in [-0.4, -0.2) is 30.3 Å². The number of halogens is 1. The van der Waals surface area contributed by atoms with Gasteiger partial charge in [0.1, 0.15) is 0 Å². The Morgan fingerprint density at radius 1 is 1.29 bits per heavy atom. The minimum atomic E-state index is 0.562. The molecule has 0 spiro atoms. The van der Waals surface area contributed by atoms with Gasteiger partial charge in [-0.05, 0) is 30.7 Å². The van der Waals surface area contributed by atoms with E-state index in [1.165, 1.54) is 0 Å². The Hall–Kier alpha value is -1.72. The highest BCUT2D eigenvalue weighted by atomic mass is 35.5. The number of hydrogen-bond donors (Lipinski definition) is 1. The van der Waals surface area contributed by atoms with E-state index in [1.807, 2.05) is 24.7 Å². The van der Waals surface area contributed by atoms with E-state index in [9.17, 15) is 0 Å². The van der Waals surface area contributed by atoms with Crippen molar-refractivity contribution in [3.05, 3.63) is 41.4 Å². The van der Waals surface area contributed by atoms with Gasteiger partial charge in [0.15, 0.2) is 11.5 Å². The molecule has 6 heteroatoms. The second-order valence-corrected chi connectivity index (χ2v) is 5.05. The molecule has 114 valence electrons. The zero-order valence-electron chi connectivity index (χ0n) is 12.3. The van der Waals surface area contributed by atoms with E-state index < -0.39 is 0 Å². The number of benzene rings is 1. The number of rotatable bonds is 8. The maximum Gasteiger partial charge on any atom is 0.179 e. The molecule has 0 fully saturated rings. The maximum absolute atomic E-state index is 6.18. The van der Waals surface area contributed by atoms with Crippen LogP contribution in [0.25, 0.3) is 0 Å². The zero-order valence-corrected chi connectivity index (χ0v) is 13.1. The van der Waals surface area contributed by atoms with Gasteiger partial charge < -0.3 is 19.4 Å². The normalized spacial score (nSPS) is 10.6. The van der Waals surface area contributed by atoms with Gasteiger partial charge in [-0.25, -0.2) is 4.98 Å². The molecule has 0 bridgehead atoms. The van der Waals surface area contributed by atoms with Crippen LogP contribution in [0, 0.1) is 0 Å². The lowest BCUT2D eigenvalue weighted by Gasteiger charge is -2.12. The molecule has 1 aromatic heterocycles. The fourth-order valence-electron chi connectivity index (χ4n) is 2.11. The molecule has 0 aliphatic rings. The summed E-state index contributed by atoms with van der Waals surface area (Å²) in [5.41, 5.74) is 1.07. The molecule has 0 unspecified atom stereocenters. The minimum Gasteiger partial charge on any atom is -0.493 e. The van der Waals surface area contributed by atoms with Gasteiger partial charge in [0.25, 0.3) is 0 Å². The lowest BCUT2D eigenvalue weighted by atomic mass is 10.2. The van der Waals surface area contributed by atoms with Crippen LogP contribution in [0.3, 0.4) is 0 Å². The molecule has 1 aromatic carbocycles. The molecule has 21 heavy (non-hydrogen) atoms. The fourth-order valence-corrected chi connectivity index (χ4v) is 2.42. The Bertz CT molecular complexity index is 558.